The van der Waals surface area contributed by atoms with E-state index < -0.39 is 0 Å². The van der Waals surface area contributed by atoms with Gasteiger partial charge >= 0.3 is 0 Å². The van der Waals surface area contributed by atoms with Crippen molar-refractivity contribution in [3.05, 3.63) is 61.9 Å². The van der Waals surface area contributed by atoms with Crippen molar-refractivity contribution in [1.29, 1.82) is 0 Å². The molecule has 0 aliphatic carbocycles. The summed E-state index contributed by atoms with van der Waals surface area (Å²) >= 11 is 21.3. The molecule has 2 heterocycles. The number of hydrogen-bond donors (Lipinski definition) is 2. The zero-order valence-electron chi connectivity index (χ0n) is 16.0. The molecule has 154 valence electrons. The zero-order valence-corrected chi connectivity index (χ0v) is 20.0. The number of thiocarbonyl (C=S) groups is 1. The second-order valence-electron chi connectivity index (χ2n) is 6.54. The SMILES string of the molecule is Cc1nn(CCCNC(=S)Nc2ccn(Cc3c(Cl)cccc3Cl)n2)c(C)c1Br. The fourth-order valence-corrected chi connectivity index (χ4v) is 3.85. The Morgan fingerprint density at radius 3 is 2.55 bits per heavy atom. The first-order chi connectivity index (χ1) is 13.8. The monoisotopic (exact) mass is 514 g/mol. The lowest BCUT2D eigenvalue weighted by molar-refractivity contribution is 0.558. The predicted molar refractivity (Wildman–Crippen MR) is 126 cm³/mol. The first kappa shape index (κ1) is 22.1. The number of rotatable bonds is 7. The molecule has 0 fully saturated rings. The van der Waals surface area contributed by atoms with Gasteiger partial charge < -0.3 is 10.6 Å². The standard InChI is InChI=1S/C19H21BrCl2N6S/c1-12-18(20)13(2)28(25-12)9-4-8-23-19(29)24-17-7-10-27(26-17)11-14-15(21)5-3-6-16(14)22/h3,5-7,10H,4,8-9,11H2,1-2H3,(H2,23,24,26,29). The minimum Gasteiger partial charge on any atom is -0.362 e. The van der Waals surface area contributed by atoms with Crippen LogP contribution in [0, 0.1) is 13.8 Å². The second-order valence-corrected chi connectivity index (χ2v) is 8.56. The van der Waals surface area contributed by atoms with Crippen molar-refractivity contribution in [2.24, 2.45) is 0 Å². The van der Waals surface area contributed by atoms with E-state index in [1.807, 2.05) is 42.1 Å². The molecule has 0 bridgehead atoms. The van der Waals surface area contributed by atoms with Crippen LogP contribution in [0.4, 0.5) is 5.82 Å². The van der Waals surface area contributed by atoms with Crippen LogP contribution in [-0.2, 0) is 13.1 Å². The number of nitrogens with zero attached hydrogens (tertiary/aromatic N) is 4. The Labute approximate surface area is 193 Å². The van der Waals surface area contributed by atoms with E-state index in [0.29, 0.717) is 27.5 Å². The van der Waals surface area contributed by atoms with E-state index in [0.717, 1.165) is 40.9 Å². The number of benzene rings is 1. The lowest BCUT2D eigenvalue weighted by Crippen LogP contribution is -2.30. The average Bonchev–Trinajstić information content (AvgIpc) is 3.21. The van der Waals surface area contributed by atoms with E-state index in [2.05, 4.69) is 43.7 Å². The van der Waals surface area contributed by atoms with Crippen LogP contribution in [0.2, 0.25) is 10.0 Å². The first-order valence-corrected chi connectivity index (χ1v) is 11.0. The molecule has 0 amide bonds. The van der Waals surface area contributed by atoms with Crippen molar-refractivity contribution >= 4 is 62.3 Å². The van der Waals surface area contributed by atoms with E-state index in [1.54, 1.807) is 4.68 Å². The fraction of sp³-hybridized carbons (Fsp3) is 0.316. The van der Waals surface area contributed by atoms with Crippen LogP contribution in [0.3, 0.4) is 0 Å². The second kappa shape index (κ2) is 9.93. The normalized spacial score (nSPS) is 10.9. The third-order valence-electron chi connectivity index (χ3n) is 4.39. The van der Waals surface area contributed by atoms with Gasteiger partial charge in [-0.05, 0) is 60.5 Å². The maximum absolute atomic E-state index is 6.22. The van der Waals surface area contributed by atoms with Crippen molar-refractivity contribution in [3.63, 3.8) is 0 Å². The van der Waals surface area contributed by atoms with Gasteiger partial charge in [-0.25, -0.2) is 0 Å². The Kier molecular flexibility index (Phi) is 7.56. The maximum Gasteiger partial charge on any atom is 0.171 e. The summed E-state index contributed by atoms with van der Waals surface area (Å²) in [7, 11) is 0. The molecule has 1 aromatic carbocycles. The summed E-state index contributed by atoms with van der Waals surface area (Å²) in [5, 5.41) is 17.0. The number of aryl methyl sites for hydroxylation is 2. The van der Waals surface area contributed by atoms with Crippen LogP contribution in [0.15, 0.2) is 34.9 Å². The smallest absolute Gasteiger partial charge is 0.171 e. The van der Waals surface area contributed by atoms with E-state index >= 15 is 0 Å². The van der Waals surface area contributed by atoms with Gasteiger partial charge in [0.25, 0.3) is 0 Å². The molecule has 2 N–H and O–H groups in total. The third kappa shape index (κ3) is 5.72. The van der Waals surface area contributed by atoms with Gasteiger partial charge in [0.15, 0.2) is 10.9 Å². The molecular weight excluding hydrogens is 495 g/mol. The van der Waals surface area contributed by atoms with E-state index in [-0.39, 0.29) is 0 Å². The Bertz CT molecular complexity index is 996. The molecule has 6 nitrogen and oxygen atoms in total. The molecule has 0 radical (unpaired) electrons. The highest BCUT2D eigenvalue weighted by Crippen LogP contribution is 2.25. The van der Waals surface area contributed by atoms with E-state index in [9.17, 15) is 0 Å². The predicted octanol–water partition coefficient (Wildman–Crippen LogP) is 5.19. The van der Waals surface area contributed by atoms with Gasteiger partial charge in [-0.2, -0.15) is 10.2 Å². The topological polar surface area (TPSA) is 59.7 Å². The molecule has 0 saturated heterocycles. The first-order valence-electron chi connectivity index (χ1n) is 9.06. The number of halogens is 3. The van der Waals surface area contributed by atoms with Gasteiger partial charge in [0.1, 0.15) is 0 Å². The lowest BCUT2D eigenvalue weighted by atomic mass is 10.2. The summed E-state index contributed by atoms with van der Waals surface area (Å²) in [4.78, 5) is 0. The molecule has 3 rings (SSSR count). The van der Waals surface area contributed by atoms with Crippen molar-refractivity contribution in [3.8, 4) is 0 Å². The van der Waals surface area contributed by atoms with Crippen LogP contribution in [0.5, 0.6) is 0 Å². The van der Waals surface area contributed by atoms with Gasteiger partial charge in [-0.3, -0.25) is 9.36 Å². The molecule has 0 saturated carbocycles. The Morgan fingerprint density at radius 2 is 1.90 bits per heavy atom. The molecule has 0 aliphatic rings. The van der Waals surface area contributed by atoms with Gasteiger partial charge in [0, 0.05) is 46.7 Å². The summed E-state index contributed by atoms with van der Waals surface area (Å²) in [6.07, 6.45) is 2.75. The molecule has 0 spiro atoms. The van der Waals surface area contributed by atoms with Crippen molar-refractivity contribution in [1.82, 2.24) is 24.9 Å². The van der Waals surface area contributed by atoms with Crippen molar-refractivity contribution in [2.75, 3.05) is 11.9 Å². The summed E-state index contributed by atoms with van der Waals surface area (Å²) < 4.78 is 4.83. The minimum absolute atomic E-state index is 0.485. The Balaban J connectivity index is 1.46. The quantitative estimate of drug-likeness (QED) is 0.335. The molecule has 2 aromatic heterocycles. The number of aromatic nitrogens is 4. The van der Waals surface area contributed by atoms with Gasteiger partial charge in [-0.1, -0.05) is 29.3 Å². The summed E-state index contributed by atoms with van der Waals surface area (Å²) in [5.74, 6) is 0.660. The van der Waals surface area contributed by atoms with Crippen LogP contribution < -0.4 is 10.6 Å². The van der Waals surface area contributed by atoms with Gasteiger partial charge in [-0.15, -0.1) is 0 Å². The van der Waals surface area contributed by atoms with Crippen molar-refractivity contribution < 1.29 is 0 Å². The van der Waals surface area contributed by atoms with Gasteiger partial charge in [0.05, 0.1) is 16.7 Å². The Morgan fingerprint density at radius 1 is 1.17 bits per heavy atom. The van der Waals surface area contributed by atoms with Crippen molar-refractivity contribution in [2.45, 2.75) is 33.4 Å². The van der Waals surface area contributed by atoms with Crippen LogP contribution >= 0.6 is 51.3 Å². The molecule has 10 heteroatoms. The molecule has 0 aliphatic heterocycles. The highest BCUT2D eigenvalue weighted by molar-refractivity contribution is 9.10. The van der Waals surface area contributed by atoms with E-state index in [4.69, 9.17) is 35.4 Å². The van der Waals surface area contributed by atoms with Crippen LogP contribution in [0.25, 0.3) is 0 Å². The van der Waals surface area contributed by atoms with Gasteiger partial charge in [0.2, 0.25) is 0 Å². The summed E-state index contributed by atoms with van der Waals surface area (Å²) in [6.45, 7) is 6.08. The van der Waals surface area contributed by atoms with Crippen LogP contribution in [0.1, 0.15) is 23.4 Å². The summed E-state index contributed by atoms with van der Waals surface area (Å²) in [5.41, 5.74) is 2.97. The minimum atomic E-state index is 0.485. The highest BCUT2D eigenvalue weighted by Gasteiger charge is 2.09. The van der Waals surface area contributed by atoms with Crippen LogP contribution in [-0.4, -0.2) is 31.2 Å². The molecule has 0 unspecified atom stereocenters. The summed E-state index contributed by atoms with van der Waals surface area (Å²) in [6, 6.07) is 7.30. The molecule has 29 heavy (non-hydrogen) atoms. The molecular formula is C19H21BrCl2N6S. The third-order valence-corrected chi connectivity index (χ3v) is 6.49. The maximum atomic E-state index is 6.22. The fourth-order valence-electron chi connectivity index (χ4n) is 2.85. The number of anilines is 1. The number of nitrogens with one attached hydrogen (secondary N) is 2. The number of hydrogen-bond acceptors (Lipinski definition) is 3. The molecule has 0 atom stereocenters. The molecule has 3 aromatic rings. The highest BCUT2D eigenvalue weighted by atomic mass is 79.9. The largest absolute Gasteiger partial charge is 0.362 e. The average molecular weight is 516 g/mol. The lowest BCUT2D eigenvalue weighted by Gasteiger charge is -2.10. The Hall–Kier alpha value is -1.61. The van der Waals surface area contributed by atoms with E-state index in [1.165, 1.54) is 0 Å². The zero-order chi connectivity index (χ0) is 21.0.